The smallest absolute Gasteiger partial charge is 0.245 e. The summed E-state index contributed by atoms with van der Waals surface area (Å²) in [5.41, 5.74) is 0. The molecule has 1 aliphatic carbocycles. The molecule has 0 aromatic rings. The van der Waals surface area contributed by atoms with Crippen LogP contribution in [0.15, 0.2) is 0 Å². The molecule has 0 aromatic heterocycles. The van der Waals surface area contributed by atoms with Gasteiger partial charge in [-0.1, -0.05) is 26.2 Å². The largest absolute Gasteiger partial charge is 0.343 e. The number of nitrogens with zero attached hydrogens (tertiary/aromatic N) is 1. The summed E-state index contributed by atoms with van der Waals surface area (Å²) in [6, 6.07) is -0.649. The number of carbonyl (C=O) groups is 2. The van der Waals surface area contributed by atoms with Crippen LogP contribution in [-0.2, 0) is 9.59 Å². The van der Waals surface area contributed by atoms with Gasteiger partial charge in [-0.3, -0.25) is 9.59 Å². The normalized spacial score (nSPS) is 29.6. The van der Waals surface area contributed by atoms with Crippen LogP contribution in [0.3, 0.4) is 0 Å². The summed E-state index contributed by atoms with van der Waals surface area (Å²) >= 11 is 1.87. The predicted molar refractivity (Wildman–Crippen MR) is 82.7 cm³/mol. The topological polar surface area (TPSA) is 49.4 Å². The van der Waals surface area contributed by atoms with Gasteiger partial charge in [0.1, 0.15) is 12.1 Å². The van der Waals surface area contributed by atoms with Gasteiger partial charge in [-0.25, -0.2) is 0 Å². The van der Waals surface area contributed by atoms with Crippen molar-refractivity contribution in [2.75, 3.05) is 12.8 Å². The molecule has 1 saturated heterocycles. The first-order valence-corrected chi connectivity index (χ1v) is 8.91. The molecule has 5 heteroatoms. The van der Waals surface area contributed by atoms with Gasteiger partial charge in [0, 0.05) is 11.3 Å². The molecule has 2 unspecified atom stereocenters. The summed E-state index contributed by atoms with van der Waals surface area (Å²) in [6.45, 7) is 4.61. The second-order valence-corrected chi connectivity index (χ2v) is 7.36. The maximum atomic E-state index is 12.6. The van der Waals surface area contributed by atoms with Gasteiger partial charge in [-0.05, 0) is 32.4 Å². The Morgan fingerprint density at radius 1 is 1.35 bits per heavy atom. The molecule has 114 valence electrons. The van der Waals surface area contributed by atoms with Crippen molar-refractivity contribution in [3.8, 4) is 0 Å². The first kappa shape index (κ1) is 15.7. The Morgan fingerprint density at radius 3 is 2.55 bits per heavy atom. The molecule has 20 heavy (non-hydrogen) atoms. The van der Waals surface area contributed by atoms with Crippen molar-refractivity contribution < 1.29 is 9.59 Å². The fourth-order valence-electron chi connectivity index (χ4n) is 3.34. The molecule has 1 heterocycles. The van der Waals surface area contributed by atoms with E-state index in [1.807, 2.05) is 30.5 Å². The van der Waals surface area contributed by atoms with Gasteiger partial charge >= 0.3 is 0 Å². The zero-order chi connectivity index (χ0) is 14.8. The quantitative estimate of drug-likeness (QED) is 0.846. The van der Waals surface area contributed by atoms with Crippen LogP contribution in [-0.4, -0.2) is 46.3 Å². The third kappa shape index (κ3) is 2.97. The van der Waals surface area contributed by atoms with E-state index in [4.69, 9.17) is 0 Å². The minimum atomic E-state index is -0.333. The molecule has 2 atom stereocenters. The lowest BCUT2D eigenvalue weighted by atomic mass is 10.00. The third-order valence-electron chi connectivity index (χ3n) is 4.73. The summed E-state index contributed by atoms with van der Waals surface area (Å²) in [6.07, 6.45) is 8.57. The van der Waals surface area contributed by atoms with Crippen molar-refractivity contribution >= 4 is 23.6 Å². The molecule has 2 fully saturated rings. The average molecular weight is 298 g/mol. The molecule has 0 spiro atoms. The number of carbonyl (C=O) groups excluding carboxylic acids is 2. The second kappa shape index (κ2) is 6.37. The molecule has 1 aliphatic heterocycles. The molecule has 1 saturated carbocycles. The van der Waals surface area contributed by atoms with Crippen LogP contribution in [0.1, 0.15) is 52.4 Å². The van der Waals surface area contributed by atoms with Gasteiger partial charge < -0.3 is 10.2 Å². The van der Waals surface area contributed by atoms with Crippen LogP contribution in [0.4, 0.5) is 0 Å². The summed E-state index contributed by atoms with van der Waals surface area (Å²) in [5, 5.41) is 2.87. The Kier molecular flexibility index (Phi) is 4.99. The highest BCUT2D eigenvalue weighted by Gasteiger charge is 2.43. The van der Waals surface area contributed by atoms with E-state index in [1.165, 1.54) is 12.8 Å². The van der Waals surface area contributed by atoms with E-state index < -0.39 is 0 Å². The zero-order valence-electron chi connectivity index (χ0n) is 12.8. The number of amides is 2. The fourth-order valence-corrected chi connectivity index (χ4v) is 4.31. The van der Waals surface area contributed by atoms with Gasteiger partial charge in [0.25, 0.3) is 0 Å². The minimum Gasteiger partial charge on any atom is -0.343 e. The molecular formula is C15H26N2O2S. The summed E-state index contributed by atoms with van der Waals surface area (Å²) in [4.78, 5) is 26.5. The average Bonchev–Trinajstić information content (AvgIpc) is 2.90. The number of hydrogen-bond acceptors (Lipinski definition) is 3. The van der Waals surface area contributed by atoms with Crippen LogP contribution >= 0.6 is 11.8 Å². The van der Waals surface area contributed by atoms with Crippen molar-refractivity contribution in [2.24, 2.45) is 0 Å². The number of piperazine rings is 1. The highest BCUT2D eigenvalue weighted by Crippen LogP contribution is 2.41. The van der Waals surface area contributed by atoms with Crippen LogP contribution in [0.25, 0.3) is 0 Å². The van der Waals surface area contributed by atoms with Gasteiger partial charge in [0.2, 0.25) is 11.8 Å². The molecule has 2 rings (SSSR count). The molecule has 2 aliphatic rings. The maximum Gasteiger partial charge on any atom is 0.245 e. The monoisotopic (exact) mass is 298 g/mol. The lowest BCUT2D eigenvalue weighted by Crippen LogP contribution is -2.64. The van der Waals surface area contributed by atoms with Gasteiger partial charge in [-0.15, -0.1) is 0 Å². The van der Waals surface area contributed by atoms with Crippen molar-refractivity contribution in [3.63, 3.8) is 0 Å². The Labute approximate surface area is 126 Å². The SMILES string of the molecule is CCCC1NC(=O)C(C)N(CC2(SC)CCCC2)C1=O. The van der Waals surface area contributed by atoms with Gasteiger partial charge in [0.15, 0.2) is 0 Å². The first-order valence-electron chi connectivity index (χ1n) is 7.69. The Bertz CT molecular complexity index is 380. The Balaban J connectivity index is 2.14. The van der Waals surface area contributed by atoms with E-state index in [1.54, 1.807) is 0 Å². The van der Waals surface area contributed by atoms with Crippen LogP contribution in [0, 0.1) is 0 Å². The van der Waals surface area contributed by atoms with E-state index in [9.17, 15) is 9.59 Å². The third-order valence-corrected chi connectivity index (χ3v) is 6.13. The molecule has 0 radical (unpaired) electrons. The summed E-state index contributed by atoms with van der Waals surface area (Å²) in [7, 11) is 0. The van der Waals surface area contributed by atoms with Crippen LogP contribution in [0.2, 0.25) is 0 Å². The zero-order valence-corrected chi connectivity index (χ0v) is 13.6. The molecule has 1 N–H and O–H groups in total. The molecule has 0 bridgehead atoms. The van der Waals surface area contributed by atoms with Crippen LogP contribution in [0.5, 0.6) is 0 Å². The fraction of sp³-hybridized carbons (Fsp3) is 0.867. The predicted octanol–water partition coefficient (Wildman–Crippen LogP) is 2.18. The van der Waals surface area contributed by atoms with E-state index >= 15 is 0 Å². The van der Waals surface area contributed by atoms with E-state index in [2.05, 4.69) is 11.6 Å². The standard InChI is InChI=1S/C15H26N2O2S/c1-4-7-12-14(19)17(11(2)13(18)16-12)10-15(20-3)8-5-6-9-15/h11-12H,4-10H2,1-3H3,(H,16,18). The van der Waals surface area contributed by atoms with Crippen molar-refractivity contribution in [2.45, 2.75) is 69.2 Å². The Hall–Kier alpha value is -0.710. The van der Waals surface area contributed by atoms with Crippen molar-refractivity contribution in [1.82, 2.24) is 10.2 Å². The van der Waals surface area contributed by atoms with Crippen molar-refractivity contribution in [3.05, 3.63) is 0 Å². The molecular weight excluding hydrogens is 272 g/mol. The highest BCUT2D eigenvalue weighted by molar-refractivity contribution is 8.00. The van der Waals surface area contributed by atoms with Crippen molar-refractivity contribution in [1.29, 1.82) is 0 Å². The van der Waals surface area contributed by atoms with Gasteiger partial charge in [-0.2, -0.15) is 11.8 Å². The van der Waals surface area contributed by atoms with E-state index in [0.717, 1.165) is 32.2 Å². The number of nitrogens with one attached hydrogen (secondary N) is 1. The number of thioether (sulfide) groups is 1. The minimum absolute atomic E-state index is 0.00250. The summed E-state index contributed by atoms with van der Waals surface area (Å²) < 4.78 is 0.165. The lowest BCUT2D eigenvalue weighted by Gasteiger charge is -2.42. The van der Waals surface area contributed by atoms with Gasteiger partial charge in [0.05, 0.1) is 0 Å². The lowest BCUT2D eigenvalue weighted by molar-refractivity contribution is -0.149. The number of hydrogen-bond donors (Lipinski definition) is 1. The molecule has 0 aromatic carbocycles. The van der Waals surface area contributed by atoms with Crippen LogP contribution < -0.4 is 5.32 Å². The Morgan fingerprint density at radius 2 is 2.00 bits per heavy atom. The van der Waals surface area contributed by atoms with E-state index in [0.29, 0.717) is 0 Å². The molecule has 4 nitrogen and oxygen atoms in total. The van der Waals surface area contributed by atoms with E-state index in [-0.39, 0.29) is 28.6 Å². The summed E-state index contributed by atoms with van der Waals surface area (Å²) in [5.74, 6) is 0.108. The second-order valence-electron chi connectivity index (χ2n) is 6.09. The first-order chi connectivity index (χ1) is 9.53. The molecule has 2 amide bonds. The maximum absolute atomic E-state index is 12.6. The number of rotatable bonds is 5. The highest BCUT2D eigenvalue weighted by atomic mass is 32.2.